The Hall–Kier alpha value is -3.43. The molecule has 3 heteroatoms. The maximum atomic E-state index is 11.0. The first-order chi connectivity index (χ1) is 16.4. The van der Waals surface area contributed by atoms with E-state index in [9.17, 15) is 5.11 Å². The number of aliphatic hydroxyl groups excluding tert-OH is 1. The minimum atomic E-state index is -0.609. The number of aliphatic hydroxyl groups is 1. The molecule has 0 heterocycles. The van der Waals surface area contributed by atoms with E-state index >= 15 is 0 Å². The van der Waals surface area contributed by atoms with Gasteiger partial charge in [0.1, 0.15) is 18.9 Å². The standard InChI is InChI=1S/C31H36NO2/c1-6-34-30(27-21-17-24(3)18-22-27)14-10-13-29(26-19-15-23(2)16-20-26)32(5)25(4)31(33)28-11-8-7-9-12-28/h7-22,25,31,33H,6H2,1-5H3/q+1/b13-10+,30-14-,32-29?/t25-,31-/m1/s1. The highest BCUT2D eigenvalue weighted by Gasteiger charge is 2.26. The molecule has 0 spiro atoms. The predicted octanol–water partition coefficient (Wildman–Crippen LogP) is 6.49. The van der Waals surface area contributed by atoms with Gasteiger partial charge in [-0.05, 0) is 44.5 Å². The molecule has 3 aromatic rings. The lowest BCUT2D eigenvalue weighted by Crippen LogP contribution is -2.31. The van der Waals surface area contributed by atoms with Gasteiger partial charge in [0, 0.05) is 24.1 Å². The van der Waals surface area contributed by atoms with Crippen molar-refractivity contribution in [1.29, 1.82) is 0 Å². The molecule has 2 atom stereocenters. The molecule has 0 aliphatic rings. The molecule has 3 rings (SSSR count). The number of rotatable bonds is 9. The van der Waals surface area contributed by atoms with Crippen molar-refractivity contribution in [2.75, 3.05) is 13.7 Å². The van der Waals surface area contributed by atoms with Crippen LogP contribution in [0.1, 0.15) is 47.8 Å². The molecule has 0 radical (unpaired) electrons. The molecular formula is C31H36NO2+. The fraction of sp³-hybridized carbons (Fsp3) is 0.258. The van der Waals surface area contributed by atoms with Crippen LogP contribution in [0.3, 0.4) is 0 Å². The summed E-state index contributed by atoms with van der Waals surface area (Å²) in [6, 6.07) is 26.5. The summed E-state index contributed by atoms with van der Waals surface area (Å²) in [6.45, 7) is 8.81. The summed E-state index contributed by atoms with van der Waals surface area (Å²) in [5, 5.41) is 11.0. The molecule has 0 aliphatic heterocycles. The van der Waals surface area contributed by atoms with Crippen molar-refractivity contribution in [2.45, 2.75) is 39.8 Å². The zero-order chi connectivity index (χ0) is 24.5. The minimum Gasteiger partial charge on any atom is -0.493 e. The first-order valence-corrected chi connectivity index (χ1v) is 11.9. The SMILES string of the molecule is CCO/C(=C\C=C\C(c1ccc(C)cc1)=[N+](C)[C@H](C)[C@@H](O)c1ccccc1)c1ccc(C)cc1. The van der Waals surface area contributed by atoms with Gasteiger partial charge in [0.05, 0.1) is 6.61 Å². The Bertz CT molecular complexity index is 1140. The van der Waals surface area contributed by atoms with Crippen LogP contribution in [0.15, 0.2) is 97.1 Å². The average Bonchev–Trinajstić information content (AvgIpc) is 2.86. The fourth-order valence-corrected chi connectivity index (χ4v) is 3.83. The van der Waals surface area contributed by atoms with Gasteiger partial charge >= 0.3 is 0 Å². The fourth-order valence-electron chi connectivity index (χ4n) is 3.83. The molecule has 0 bridgehead atoms. The van der Waals surface area contributed by atoms with Gasteiger partial charge in [-0.2, -0.15) is 0 Å². The second-order valence-electron chi connectivity index (χ2n) is 8.65. The highest BCUT2D eigenvalue weighted by molar-refractivity contribution is 6.05. The molecule has 1 N–H and O–H groups in total. The van der Waals surface area contributed by atoms with Crippen LogP contribution < -0.4 is 0 Å². The number of nitrogens with zero attached hydrogens (tertiary/aromatic N) is 1. The molecule has 0 aliphatic carbocycles. The van der Waals surface area contributed by atoms with Crippen LogP contribution in [-0.4, -0.2) is 35.1 Å². The highest BCUT2D eigenvalue weighted by Crippen LogP contribution is 2.20. The lowest BCUT2D eigenvalue weighted by atomic mass is 10.0. The van der Waals surface area contributed by atoms with E-state index in [-0.39, 0.29) is 6.04 Å². The van der Waals surface area contributed by atoms with E-state index < -0.39 is 6.10 Å². The number of hydrogen-bond donors (Lipinski definition) is 1. The smallest absolute Gasteiger partial charge is 0.207 e. The molecular weight excluding hydrogens is 418 g/mol. The summed E-state index contributed by atoms with van der Waals surface area (Å²) in [6.07, 6.45) is 5.51. The van der Waals surface area contributed by atoms with Crippen molar-refractivity contribution in [3.8, 4) is 0 Å². The Kier molecular flexibility index (Phi) is 9.00. The molecule has 0 saturated heterocycles. The number of likely N-dealkylation sites (N-methyl/N-ethyl adjacent to an activating group) is 1. The van der Waals surface area contributed by atoms with Crippen molar-refractivity contribution in [2.24, 2.45) is 0 Å². The molecule has 0 unspecified atom stereocenters. The van der Waals surface area contributed by atoms with E-state index in [1.165, 1.54) is 11.1 Å². The van der Waals surface area contributed by atoms with Crippen LogP contribution in [0.4, 0.5) is 0 Å². The monoisotopic (exact) mass is 454 g/mol. The second kappa shape index (κ2) is 12.2. The van der Waals surface area contributed by atoms with Crippen molar-refractivity contribution in [1.82, 2.24) is 0 Å². The lowest BCUT2D eigenvalue weighted by Gasteiger charge is -2.18. The maximum Gasteiger partial charge on any atom is 0.207 e. The Morgan fingerprint density at radius 3 is 2.00 bits per heavy atom. The van der Waals surface area contributed by atoms with Gasteiger partial charge in [-0.1, -0.05) is 83.9 Å². The van der Waals surface area contributed by atoms with Crippen LogP contribution in [-0.2, 0) is 4.74 Å². The first kappa shape index (κ1) is 25.2. The zero-order valence-electron chi connectivity index (χ0n) is 20.9. The molecule has 0 amide bonds. The Labute approximate surface area is 204 Å². The predicted molar refractivity (Wildman–Crippen MR) is 142 cm³/mol. The van der Waals surface area contributed by atoms with Crippen molar-refractivity contribution in [3.05, 3.63) is 125 Å². The summed E-state index contributed by atoms with van der Waals surface area (Å²) in [5.41, 5.74) is 6.52. The van der Waals surface area contributed by atoms with E-state index in [1.54, 1.807) is 0 Å². The average molecular weight is 455 g/mol. The topological polar surface area (TPSA) is 32.5 Å². The minimum absolute atomic E-state index is 0.129. The third-order valence-electron chi connectivity index (χ3n) is 6.07. The van der Waals surface area contributed by atoms with Gasteiger partial charge in [-0.25, -0.2) is 4.58 Å². The van der Waals surface area contributed by atoms with Crippen molar-refractivity contribution in [3.63, 3.8) is 0 Å². The Morgan fingerprint density at radius 1 is 0.882 bits per heavy atom. The number of ether oxygens (including phenoxy) is 1. The van der Waals surface area contributed by atoms with E-state index in [0.29, 0.717) is 6.61 Å². The van der Waals surface area contributed by atoms with Gasteiger partial charge in [-0.15, -0.1) is 0 Å². The first-order valence-electron chi connectivity index (χ1n) is 11.9. The van der Waals surface area contributed by atoms with Gasteiger partial charge in [0.25, 0.3) is 0 Å². The van der Waals surface area contributed by atoms with E-state index in [4.69, 9.17) is 4.74 Å². The molecule has 0 fully saturated rings. The van der Waals surface area contributed by atoms with E-state index in [1.807, 2.05) is 63.4 Å². The van der Waals surface area contributed by atoms with Crippen LogP contribution in [0.25, 0.3) is 5.76 Å². The van der Waals surface area contributed by atoms with Crippen LogP contribution >= 0.6 is 0 Å². The van der Waals surface area contributed by atoms with Gasteiger partial charge < -0.3 is 9.84 Å². The summed E-state index contributed by atoms with van der Waals surface area (Å²) >= 11 is 0. The second-order valence-corrected chi connectivity index (χ2v) is 8.65. The summed E-state index contributed by atoms with van der Waals surface area (Å²) in [5.74, 6) is 0.835. The molecule has 0 saturated carbocycles. The molecule has 176 valence electrons. The largest absolute Gasteiger partial charge is 0.493 e. The molecule has 34 heavy (non-hydrogen) atoms. The van der Waals surface area contributed by atoms with Crippen LogP contribution in [0.5, 0.6) is 0 Å². The number of aryl methyl sites for hydroxylation is 2. The normalized spacial score (nSPS) is 14.6. The highest BCUT2D eigenvalue weighted by atomic mass is 16.5. The molecule has 3 nitrogen and oxygen atoms in total. The van der Waals surface area contributed by atoms with E-state index in [0.717, 1.165) is 28.2 Å². The zero-order valence-corrected chi connectivity index (χ0v) is 20.9. The lowest BCUT2D eigenvalue weighted by molar-refractivity contribution is -0.545. The Morgan fingerprint density at radius 2 is 1.44 bits per heavy atom. The maximum absolute atomic E-state index is 11.0. The number of allylic oxidation sites excluding steroid dienone is 3. The van der Waals surface area contributed by atoms with Gasteiger partial charge in [0.15, 0.2) is 6.04 Å². The summed E-state index contributed by atoms with van der Waals surface area (Å²) < 4.78 is 8.06. The van der Waals surface area contributed by atoms with Crippen LogP contribution in [0, 0.1) is 13.8 Å². The third-order valence-corrected chi connectivity index (χ3v) is 6.07. The van der Waals surface area contributed by atoms with Gasteiger partial charge in [0.2, 0.25) is 5.71 Å². The summed E-state index contributed by atoms with van der Waals surface area (Å²) in [7, 11) is 2.03. The van der Waals surface area contributed by atoms with Crippen LogP contribution in [0.2, 0.25) is 0 Å². The van der Waals surface area contributed by atoms with Crippen molar-refractivity contribution < 1.29 is 14.4 Å². The van der Waals surface area contributed by atoms with Gasteiger partial charge in [-0.3, -0.25) is 0 Å². The van der Waals surface area contributed by atoms with E-state index in [2.05, 4.69) is 73.0 Å². The molecule has 3 aromatic carbocycles. The summed E-state index contributed by atoms with van der Waals surface area (Å²) in [4.78, 5) is 0. The quantitative estimate of drug-likeness (QED) is 0.173. The van der Waals surface area contributed by atoms with Crippen molar-refractivity contribution >= 4 is 11.5 Å². The molecule has 0 aromatic heterocycles. The Balaban J connectivity index is 1.99. The number of hydrogen-bond acceptors (Lipinski definition) is 2. The third kappa shape index (κ3) is 6.55. The number of benzene rings is 3.